The van der Waals surface area contributed by atoms with Crippen LogP contribution in [-0.2, 0) is 0 Å². The largest absolute Gasteiger partial charge is 0.244 e. The summed E-state index contributed by atoms with van der Waals surface area (Å²) in [5.74, 6) is 0. The second-order valence-corrected chi connectivity index (χ2v) is 4.49. The Morgan fingerprint density at radius 1 is 1.45 bits per heavy atom. The molecule has 0 spiro atoms. The first-order valence-corrected chi connectivity index (χ1v) is 5.22. The highest BCUT2D eigenvalue weighted by atomic mass is 127. The molecule has 0 aliphatic carbocycles. The number of aryl methyl sites for hydroxylation is 1. The van der Waals surface area contributed by atoms with Gasteiger partial charge in [0.25, 0.3) is 0 Å². The number of fused-ring (bicyclic) bond motifs is 1. The van der Waals surface area contributed by atoms with Crippen LogP contribution in [0.2, 0.25) is 0 Å². The van der Waals surface area contributed by atoms with E-state index in [1.807, 2.05) is 5.51 Å². The van der Waals surface area contributed by atoms with Gasteiger partial charge in [-0.15, -0.1) is 11.3 Å². The highest BCUT2D eigenvalue weighted by Crippen LogP contribution is 2.24. The van der Waals surface area contributed by atoms with Crippen molar-refractivity contribution in [1.82, 2.24) is 4.98 Å². The summed E-state index contributed by atoms with van der Waals surface area (Å²) >= 11 is 4.02. The number of halogens is 1. The van der Waals surface area contributed by atoms with Crippen molar-refractivity contribution in [2.24, 2.45) is 0 Å². The Labute approximate surface area is 82.6 Å². The zero-order valence-electron chi connectivity index (χ0n) is 5.97. The Morgan fingerprint density at radius 3 is 3.09 bits per heavy atom. The third-order valence-corrected chi connectivity index (χ3v) is 3.13. The molecule has 56 valence electrons. The molecule has 1 aromatic heterocycles. The van der Waals surface area contributed by atoms with Crippen molar-refractivity contribution < 1.29 is 0 Å². The molecule has 0 unspecified atom stereocenters. The molecule has 0 aliphatic rings. The minimum atomic E-state index is 1.14. The quantitative estimate of drug-likeness (QED) is 0.673. The molecule has 0 saturated heterocycles. The maximum atomic E-state index is 4.27. The molecule has 0 saturated carbocycles. The van der Waals surface area contributed by atoms with E-state index in [9.17, 15) is 0 Å². The number of rotatable bonds is 0. The fourth-order valence-electron chi connectivity index (χ4n) is 1.05. The van der Waals surface area contributed by atoms with Gasteiger partial charge in [-0.2, -0.15) is 0 Å². The molecule has 0 radical (unpaired) electrons. The Hall–Kier alpha value is -0.160. The first kappa shape index (κ1) is 7.49. The number of benzene rings is 1. The minimum Gasteiger partial charge on any atom is -0.244 e. The maximum Gasteiger partial charge on any atom is 0.0945 e. The predicted octanol–water partition coefficient (Wildman–Crippen LogP) is 3.21. The van der Waals surface area contributed by atoms with Gasteiger partial charge in [0, 0.05) is 3.57 Å². The summed E-state index contributed by atoms with van der Waals surface area (Å²) < 4.78 is 2.54. The molecule has 0 bridgehead atoms. The van der Waals surface area contributed by atoms with E-state index >= 15 is 0 Å². The van der Waals surface area contributed by atoms with E-state index in [0.29, 0.717) is 0 Å². The summed E-state index contributed by atoms with van der Waals surface area (Å²) in [5, 5.41) is 0. The predicted molar refractivity (Wildman–Crippen MR) is 57.1 cm³/mol. The van der Waals surface area contributed by atoms with Gasteiger partial charge in [0.1, 0.15) is 0 Å². The van der Waals surface area contributed by atoms with Crippen molar-refractivity contribution in [2.75, 3.05) is 0 Å². The first-order chi connectivity index (χ1) is 5.27. The van der Waals surface area contributed by atoms with E-state index in [0.717, 1.165) is 5.52 Å². The van der Waals surface area contributed by atoms with Crippen molar-refractivity contribution in [3.63, 3.8) is 0 Å². The molecule has 3 heteroatoms. The zero-order chi connectivity index (χ0) is 7.84. The lowest BCUT2D eigenvalue weighted by molar-refractivity contribution is 1.44. The molecule has 11 heavy (non-hydrogen) atoms. The second kappa shape index (κ2) is 2.71. The molecule has 0 amide bonds. The minimum absolute atomic E-state index is 1.14. The van der Waals surface area contributed by atoms with Crippen molar-refractivity contribution in [1.29, 1.82) is 0 Å². The fourth-order valence-corrected chi connectivity index (χ4v) is 2.96. The van der Waals surface area contributed by atoms with Crippen LogP contribution in [0.4, 0.5) is 0 Å². The molecular weight excluding hydrogens is 269 g/mol. The van der Waals surface area contributed by atoms with Crippen molar-refractivity contribution in [3.05, 3.63) is 26.8 Å². The van der Waals surface area contributed by atoms with Crippen LogP contribution in [0.5, 0.6) is 0 Å². The highest BCUT2D eigenvalue weighted by molar-refractivity contribution is 14.1. The number of hydrogen-bond acceptors (Lipinski definition) is 2. The first-order valence-electron chi connectivity index (χ1n) is 3.27. The molecular formula is C8H6INS. The normalized spacial score (nSPS) is 10.7. The lowest BCUT2D eigenvalue weighted by Gasteiger charge is -1.94. The number of aromatic nitrogens is 1. The monoisotopic (exact) mass is 275 g/mol. The Bertz CT molecular complexity index is 394. The van der Waals surface area contributed by atoms with Gasteiger partial charge in [-0.05, 0) is 47.2 Å². The summed E-state index contributed by atoms with van der Waals surface area (Å²) in [5.41, 5.74) is 4.35. The maximum absolute atomic E-state index is 4.27. The van der Waals surface area contributed by atoms with Gasteiger partial charge in [-0.25, -0.2) is 4.98 Å². The molecule has 0 atom stereocenters. The van der Waals surface area contributed by atoms with Crippen molar-refractivity contribution in [2.45, 2.75) is 6.92 Å². The zero-order valence-corrected chi connectivity index (χ0v) is 8.94. The van der Waals surface area contributed by atoms with Crippen LogP contribution in [0, 0.1) is 10.5 Å². The van der Waals surface area contributed by atoms with Crippen LogP contribution in [-0.4, -0.2) is 4.98 Å². The molecule has 2 rings (SSSR count). The van der Waals surface area contributed by atoms with Crippen molar-refractivity contribution >= 4 is 44.1 Å². The van der Waals surface area contributed by atoms with E-state index in [-0.39, 0.29) is 0 Å². The summed E-state index contributed by atoms with van der Waals surface area (Å²) in [6.45, 7) is 2.11. The van der Waals surface area contributed by atoms with Gasteiger partial charge in [0.2, 0.25) is 0 Å². The standard InChI is InChI=1S/C8H6INS/c1-5-2-6(9)8-7(3-5)11-4-10-8/h2-4H,1H3. The second-order valence-electron chi connectivity index (χ2n) is 2.45. The van der Waals surface area contributed by atoms with Crippen LogP contribution < -0.4 is 0 Å². The topological polar surface area (TPSA) is 12.9 Å². The van der Waals surface area contributed by atoms with Gasteiger partial charge in [0.15, 0.2) is 0 Å². The third kappa shape index (κ3) is 1.27. The summed E-state index contributed by atoms with van der Waals surface area (Å²) in [6, 6.07) is 4.33. The van der Waals surface area contributed by atoms with E-state index < -0.39 is 0 Å². The Balaban J connectivity index is 2.91. The molecule has 0 fully saturated rings. The summed E-state index contributed by atoms with van der Waals surface area (Å²) in [7, 11) is 0. The van der Waals surface area contributed by atoms with Crippen LogP contribution >= 0.6 is 33.9 Å². The van der Waals surface area contributed by atoms with Gasteiger partial charge >= 0.3 is 0 Å². The number of nitrogens with zero attached hydrogens (tertiary/aromatic N) is 1. The Kier molecular flexibility index (Phi) is 1.85. The van der Waals surface area contributed by atoms with Crippen molar-refractivity contribution in [3.8, 4) is 0 Å². The smallest absolute Gasteiger partial charge is 0.0945 e. The van der Waals surface area contributed by atoms with Crippen LogP contribution in [0.3, 0.4) is 0 Å². The molecule has 1 heterocycles. The van der Waals surface area contributed by atoms with Gasteiger partial charge in [0.05, 0.1) is 15.7 Å². The average Bonchev–Trinajstić information content (AvgIpc) is 2.34. The molecule has 0 aliphatic heterocycles. The highest BCUT2D eigenvalue weighted by Gasteiger charge is 2.00. The summed E-state index contributed by atoms with van der Waals surface area (Å²) in [4.78, 5) is 4.27. The molecule has 1 nitrogen and oxygen atoms in total. The van der Waals surface area contributed by atoms with E-state index in [1.54, 1.807) is 11.3 Å². The van der Waals surface area contributed by atoms with E-state index in [1.165, 1.54) is 13.8 Å². The number of thiazole rings is 1. The molecule has 1 aromatic carbocycles. The summed E-state index contributed by atoms with van der Waals surface area (Å²) in [6.07, 6.45) is 0. The average molecular weight is 275 g/mol. The third-order valence-electron chi connectivity index (χ3n) is 1.53. The lowest BCUT2D eigenvalue weighted by atomic mass is 10.2. The molecule has 0 N–H and O–H groups in total. The number of hydrogen-bond donors (Lipinski definition) is 0. The fraction of sp³-hybridized carbons (Fsp3) is 0.125. The van der Waals surface area contributed by atoms with E-state index in [2.05, 4.69) is 46.6 Å². The van der Waals surface area contributed by atoms with Gasteiger partial charge in [-0.3, -0.25) is 0 Å². The van der Waals surface area contributed by atoms with Crippen LogP contribution in [0.1, 0.15) is 5.56 Å². The SMILES string of the molecule is Cc1cc(I)c2ncsc2c1. The Morgan fingerprint density at radius 2 is 2.27 bits per heavy atom. The molecule has 2 aromatic rings. The van der Waals surface area contributed by atoms with Crippen LogP contribution in [0.25, 0.3) is 10.2 Å². The van der Waals surface area contributed by atoms with Crippen LogP contribution in [0.15, 0.2) is 17.6 Å². The lowest BCUT2D eigenvalue weighted by Crippen LogP contribution is -1.77. The van der Waals surface area contributed by atoms with Gasteiger partial charge in [-0.1, -0.05) is 0 Å². The van der Waals surface area contributed by atoms with E-state index in [4.69, 9.17) is 0 Å². The van der Waals surface area contributed by atoms with Gasteiger partial charge < -0.3 is 0 Å².